The minimum atomic E-state index is -1.42. The molecule has 0 bridgehead atoms. The predicted octanol–water partition coefficient (Wildman–Crippen LogP) is 1.27. The van der Waals surface area contributed by atoms with Crippen LogP contribution in [0.5, 0.6) is 5.75 Å². The molecule has 1 rings (SSSR count). The van der Waals surface area contributed by atoms with Crippen LogP contribution < -0.4 is 5.73 Å². The normalized spacial score (nSPS) is 12.5. The molecule has 0 aromatic heterocycles. The second-order valence-corrected chi connectivity index (χ2v) is 3.05. The Morgan fingerprint density at radius 2 is 2.14 bits per heavy atom. The lowest BCUT2D eigenvalue weighted by Gasteiger charge is -2.09. The van der Waals surface area contributed by atoms with Crippen molar-refractivity contribution in [3.63, 3.8) is 0 Å². The Balaban J connectivity index is 3.22. The highest BCUT2D eigenvalue weighted by Gasteiger charge is 2.19. The Kier molecular flexibility index (Phi) is 2.93. The van der Waals surface area contributed by atoms with E-state index in [2.05, 4.69) is 0 Å². The van der Waals surface area contributed by atoms with Crippen molar-refractivity contribution in [2.45, 2.75) is 6.04 Å². The number of carboxylic acid groups (broad SMARTS) is 1. The molecule has 0 radical (unpaired) electrons. The molecule has 1 aromatic carbocycles. The van der Waals surface area contributed by atoms with Crippen molar-refractivity contribution in [2.75, 3.05) is 0 Å². The van der Waals surface area contributed by atoms with Crippen molar-refractivity contribution in [3.05, 3.63) is 28.5 Å². The minimum Gasteiger partial charge on any atom is -0.507 e. The summed E-state index contributed by atoms with van der Waals surface area (Å²) in [7, 11) is 0. The molecule has 0 saturated carbocycles. The van der Waals surface area contributed by atoms with E-state index in [1.165, 1.54) is 0 Å². The molecular weight excluding hydrogens is 213 g/mol. The van der Waals surface area contributed by atoms with Crippen LogP contribution in [0.1, 0.15) is 11.6 Å². The molecule has 0 heterocycles. The minimum absolute atomic E-state index is 0.121. The van der Waals surface area contributed by atoms with Gasteiger partial charge in [0.25, 0.3) is 0 Å². The van der Waals surface area contributed by atoms with E-state index in [1.807, 2.05) is 0 Å². The van der Waals surface area contributed by atoms with Crippen LogP contribution in [-0.4, -0.2) is 16.2 Å². The second-order valence-electron chi connectivity index (χ2n) is 2.64. The second kappa shape index (κ2) is 3.81. The van der Waals surface area contributed by atoms with Gasteiger partial charge in [0.15, 0.2) is 0 Å². The average Bonchev–Trinajstić information content (AvgIpc) is 2.10. The van der Waals surface area contributed by atoms with Gasteiger partial charge in [-0.2, -0.15) is 0 Å². The summed E-state index contributed by atoms with van der Waals surface area (Å²) in [6.45, 7) is 0. The van der Waals surface area contributed by atoms with E-state index >= 15 is 0 Å². The Hall–Kier alpha value is -1.33. The first-order chi connectivity index (χ1) is 6.43. The average molecular weight is 220 g/mol. The highest BCUT2D eigenvalue weighted by atomic mass is 35.5. The zero-order valence-electron chi connectivity index (χ0n) is 6.87. The fraction of sp³-hybridized carbons (Fsp3) is 0.125. The van der Waals surface area contributed by atoms with E-state index in [1.54, 1.807) is 0 Å². The van der Waals surface area contributed by atoms with E-state index in [0.29, 0.717) is 0 Å². The van der Waals surface area contributed by atoms with Gasteiger partial charge in [-0.25, -0.2) is 4.39 Å². The number of carboxylic acids is 1. The van der Waals surface area contributed by atoms with E-state index in [-0.39, 0.29) is 10.6 Å². The number of nitrogens with two attached hydrogens (primary N) is 1. The van der Waals surface area contributed by atoms with Crippen LogP contribution in [0.25, 0.3) is 0 Å². The molecule has 4 nitrogen and oxygen atoms in total. The molecule has 0 aliphatic carbocycles. The summed E-state index contributed by atoms with van der Waals surface area (Å²) in [6, 6.07) is 0.291. The number of hydrogen-bond acceptors (Lipinski definition) is 3. The smallest absolute Gasteiger partial charge is 0.325 e. The van der Waals surface area contributed by atoms with Crippen LogP contribution in [-0.2, 0) is 4.79 Å². The molecule has 0 spiro atoms. The SMILES string of the molecule is N[C@H](C(=O)O)c1cc(Cl)c(F)cc1O. The highest BCUT2D eigenvalue weighted by molar-refractivity contribution is 6.30. The maximum absolute atomic E-state index is 12.7. The maximum Gasteiger partial charge on any atom is 0.325 e. The number of phenolic OH excluding ortho intramolecular Hbond substituents is 1. The van der Waals surface area contributed by atoms with E-state index in [9.17, 15) is 14.3 Å². The molecule has 1 atom stereocenters. The van der Waals surface area contributed by atoms with Crippen molar-refractivity contribution in [2.24, 2.45) is 5.73 Å². The third-order valence-electron chi connectivity index (χ3n) is 1.67. The lowest BCUT2D eigenvalue weighted by molar-refractivity contribution is -0.138. The maximum atomic E-state index is 12.7. The molecule has 0 saturated heterocycles. The zero-order chi connectivity index (χ0) is 10.9. The van der Waals surface area contributed by atoms with Crippen LogP contribution in [0, 0.1) is 5.82 Å². The summed E-state index contributed by atoms with van der Waals surface area (Å²) in [4.78, 5) is 10.5. The molecule has 0 unspecified atom stereocenters. The standard InChI is InChI=1S/C8H7ClFNO3/c9-4-1-3(7(11)8(13)14)6(12)2-5(4)10/h1-2,7,12H,11H2,(H,13,14)/t7-/m0/s1. The molecule has 0 amide bonds. The summed E-state index contributed by atoms with van der Waals surface area (Å²) in [5.41, 5.74) is 5.10. The molecule has 76 valence electrons. The number of aromatic hydroxyl groups is 1. The Morgan fingerprint density at radius 3 is 2.64 bits per heavy atom. The lowest BCUT2D eigenvalue weighted by Crippen LogP contribution is -2.20. The van der Waals surface area contributed by atoms with Gasteiger partial charge in [0, 0.05) is 11.6 Å². The van der Waals surface area contributed by atoms with Gasteiger partial charge in [-0.1, -0.05) is 11.6 Å². The van der Waals surface area contributed by atoms with Gasteiger partial charge in [-0.15, -0.1) is 0 Å². The number of phenols is 1. The van der Waals surface area contributed by atoms with Gasteiger partial charge < -0.3 is 15.9 Å². The van der Waals surface area contributed by atoms with E-state index in [4.69, 9.17) is 22.4 Å². The van der Waals surface area contributed by atoms with Crippen LogP contribution in [0.2, 0.25) is 5.02 Å². The number of benzene rings is 1. The van der Waals surface area contributed by atoms with Gasteiger partial charge in [0.1, 0.15) is 17.6 Å². The lowest BCUT2D eigenvalue weighted by atomic mass is 10.1. The van der Waals surface area contributed by atoms with Crippen LogP contribution in [0.3, 0.4) is 0 Å². The Morgan fingerprint density at radius 1 is 1.57 bits per heavy atom. The molecule has 4 N–H and O–H groups in total. The Bertz CT molecular complexity index is 383. The predicted molar refractivity (Wildman–Crippen MR) is 47.6 cm³/mol. The number of aliphatic carboxylic acids is 1. The fourth-order valence-corrected chi connectivity index (χ4v) is 1.11. The molecule has 0 aliphatic rings. The monoisotopic (exact) mass is 219 g/mol. The molecule has 14 heavy (non-hydrogen) atoms. The van der Waals surface area contributed by atoms with Gasteiger partial charge >= 0.3 is 5.97 Å². The van der Waals surface area contributed by atoms with Crippen molar-refractivity contribution in [3.8, 4) is 5.75 Å². The topological polar surface area (TPSA) is 83.6 Å². The molecular formula is C8H7ClFNO3. The van der Waals surface area contributed by atoms with E-state index in [0.717, 1.165) is 12.1 Å². The van der Waals surface area contributed by atoms with E-state index < -0.39 is 23.6 Å². The third-order valence-corrected chi connectivity index (χ3v) is 1.96. The van der Waals surface area contributed by atoms with Crippen molar-refractivity contribution in [1.82, 2.24) is 0 Å². The molecule has 6 heteroatoms. The Labute approximate surface area is 83.7 Å². The third kappa shape index (κ3) is 1.94. The largest absolute Gasteiger partial charge is 0.507 e. The van der Waals surface area contributed by atoms with Gasteiger partial charge in [-0.3, -0.25) is 4.79 Å². The quantitative estimate of drug-likeness (QED) is 0.699. The van der Waals surface area contributed by atoms with Crippen molar-refractivity contribution < 1.29 is 19.4 Å². The van der Waals surface area contributed by atoms with Crippen LogP contribution in [0.4, 0.5) is 4.39 Å². The number of rotatable bonds is 2. The summed E-state index contributed by atoms with van der Waals surface area (Å²) < 4.78 is 12.7. The molecule has 1 aromatic rings. The van der Waals surface area contributed by atoms with Crippen molar-refractivity contribution in [1.29, 1.82) is 0 Å². The number of carbonyl (C=O) groups is 1. The van der Waals surface area contributed by atoms with Crippen LogP contribution in [0.15, 0.2) is 12.1 Å². The van der Waals surface area contributed by atoms with Gasteiger partial charge in [0.2, 0.25) is 0 Å². The van der Waals surface area contributed by atoms with Gasteiger partial charge in [0.05, 0.1) is 5.02 Å². The number of halogens is 2. The first-order valence-corrected chi connectivity index (χ1v) is 3.97. The summed E-state index contributed by atoms with van der Waals surface area (Å²) in [5.74, 6) is -2.68. The van der Waals surface area contributed by atoms with Crippen molar-refractivity contribution >= 4 is 17.6 Å². The van der Waals surface area contributed by atoms with Crippen LogP contribution >= 0.6 is 11.6 Å². The summed E-state index contributed by atoms with van der Waals surface area (Å²) in [6.07, 6.45) is 0. The first-order valence-electron chi connectivity index (χ1n) is 3.59. The summed E-state index contributed by atoms with van der Waals surface area (Å²) >= 11 is 5.40. The molecule has 0 fully saturated rings. The fourth-order valence-electron chi connectivity index (χ4n) is 0.934. The highest BCUT2D eigenvalue weighted by Crippen LogP contribution is 2.28. The molecule has 0 aliphatic heterocycles. The first kappa shape index (κ1) is 10.7. The summed E-state index contributed by atoms with van der Waals surface area (Å²) in [5, 5.41) is 17.5. The zero-order valence-corrected chi connectivity index (χ0v) is 7.62. The van der Waals surface area contributed by atoms with Gasteiger partial charge in [-0.05, 0) is 6.07 Å². The number of hydrogen-bond donors (Lipinski definition) is 3.